The summed E-state index contributed by atoms with van der Waals surface area (Å²) < 4.78 is 6.11. The molecule has 0 unspecified atom stereocenters. The normalized spacial score (nSPS) is 16.1. The zero-order valence-corrected chi connectivity index (χ0v) is 13.7. The molecule has 0 aromatic heterocycles. The van der Waals surface area contributed by atoms with Gasteiger partial charge >= 0.3 is 0 Å². The lowest BCUT2D eigenvalue weighted by molar-refractivity contribution is -0.118. The summed E-state index contributed by atoms with van der Waals surface area (Å²) in [5.74, 6) is 1.95. The van der Waals surface area contributed by atoms with E-state index in [1.165, 1.54) is 32.1 Å². The van der Waals surface area contributed by atoms with Crippen LogP contribution in [-0.4, -0.2) is 12.9 Å². The van der Waals surface area contributed by atoms with E-state index in [1.54, 1.807) is 7.11 Å². The van der Waals surface area contributed by atoms with E-state index >= 15 is 0 Å². The third kappa shape index (κ3) is 4.62. The molecular weight excluding hydrogens is 316 g/mol. The van der Waals surface area contributed by atoms with E-state index < -0.39 is 0 Å². The molecule has 1 saturated carbocycles. The Morgan fingerprint density at radius 3 is 2.70 bits per heavy atom. The van der Waals surface area contributed by atoms with Crippen LogP contribution in [0.3, 0.4) is 0 Å². The summed E-state index contributed by atoms with van der Waals surface area (Å²) in [4.78, 5) is 12.1. The molecular formula is C17H23BrO2. The summed E-state index contributed by atoms with van der Waals surface area (Å²) in [5.41, 5.74) is 1.06. The van der Waals surface area contributed by atoms with E-state index in [9.17, 15) is 4.79 Å². The summed E-state index contributed by atoms with van der Waals surface area (Å²) in [7, 11) is 1.65. The first kappa shape index (κ1) is 15.6. The molecule has 0 radical (unpaired) electrons. The average Bonchev–Trinajstić information content (AvgIpc) is 2.46. The zero-order valence-electron chi connectivity index (χ0n) is 12.2. The number of carbonyl (C=O) groups is 1. The SMILES string of the molecule is COc1ccc(CC(=O)CCC2CCCCC2)cc1Br. The quantitative estimate of drug-likeness (QED) is 0.735. The van der Waals surface area contributed by atoms with Crippen molar-refractivity contribution >= 4 is 21.7 Å². The van der Waals surface area contributed by atoms with Crippen LogP contribution in [0, 0.1) is 5.92 Å². The van der Waals surface area contributed by atoms with Gasteiger partial charge in [0.15, 0.2) is 0 Å². The molecule has 0 N–H and O–H groups in total. The Morgan fingerprint density at radius 1 is 1.30 bits per heavy atom. The largest absolute Gasteiger partial charge is 0.496 e. The second-order valence-electron chi connectivity index (χ2n) is 5.73. The summed E-state index contributed by atoms with van der Waals surface area (Å²) in [6, 6.07) is 5.87. The highest BCUT2D eigenvalue weighted by Crippen LogP contribution is 2.28. The number of ketones is 1. The van der Waals surface area contributed by atoms with Crippen molar-refractivity contribution in [2.75, 3.05) is 7.11 Å². The van der Waals surface area contributed by atoms with Gasteiger partial charge in [-0.2, -0.15) is 0 Å². The zero-order chi connectivity index (χ0) is 14.4. The minimum absolute atomic E-state index is 0.354. The van der Waals surface area contributed by atoms with Gasteiger partial charge < -0.3 is 4.74 Å². The lowest BCUT2D eigenvalue weighted by atomic mass is 9.85. The number of carbonyl (C=O) groups excluding carboxylic acids is 1. The van der Waals surface area contributed by atoms with E-state index in [4.69, 9.17) is 4.74 Å². The first-order valence-corrected chi connectivity index (χ1v) is 8.32. The van der Waals surface area contributed by atoms with Gasteiger partial charge in [0.1, 0.15) is 11.5 Å². The van der Waals surface area contributed by atoms with Gasteiger partial charge in [0.2, 0.25) is 0 Å². The Bertz CT molecular complexity index is 450. The number of ether oxygens (including phenoxy) is 1. The van der Waals surface area contributed by atoms with E-state index in [1.807, 2.05) is 18.2 Å². The predicted octanol–water partition coefficient (Wildman–Crippen LogP) is 4.93. The van der Waals surface area contributed by atoms with E-state index in [2.05, 4.69) is 15.9 Å². The van der Waals surface area contributed by atoms with Crippen molar-refractivity contribution in [3.63, 3.8) is 0 Å². The maximum Gasteiger partial charge on any atom is 0.137 e. The molecule has 1 fully saturated rings. The van der Waals surface area contributed by atoms with Crippen molar-refractivity contribution in [1.29, 1.82) is 0 Å². The Labute approximate surface area is 130 Å². The maximum absolute atomic E-state index is 12.1. The molecule has 110 valence electrons. The Balaban J connectivity index is 1.80. The van der Waals surface area contributed by atoms with Gasteiger partial charge in [-0.3, -0.25) is 4.79 Å². The van der Waals surface area contributed by atoms with Crippen LogP contribution in [0.1, 0.15) is 50.5 Å². The van der Waals surface area contributed by atoms with Gasteiger partial charge in [-0.15, -0.1) is 0 Å². The second-order valence-corrected chi connectivity index (χ2v) is 6.58. The number of benzene rings is 1. The molecule has 0 atom stereocenters. The minimum Gasteiger partial charge on any atom is -0.496 e. The predicted molar refractivity (Wildman–Crippen MR) is 85.2 cm³/mol. The van der Waals surface area contributed by atoms with Gasteiger partial charge in [-0.25, -0.2) is 0 Å². The van der Waals surface area contributed by atoms with E-state index in [0.717, 1.165) is 34.5 Å². The summed E-state index contributed by atoms with van der Waals surface area (Å²) in [5, 5.41) is 0. The summed E-state index contributed by atoms with van der Waals surface area (Å²) >= 11 is 3.46. The fraction of sp³-hybridized carbons (Fsp3) is 0.588. The monoisotopic (exact) mass is 338 g/mol. The molecule has 20 heavy (non-hydrogen) atoms. The van der Waals surface area contributed by atoms with Crippen molar-refractivity contribution < 1.29 is 9.53 Å². The molecule has 0 bridgehead atoms. The molecule has 3 heteroatoms. The number of hydrogen-bond acceptors (Lipinski definition) is 2. The smallest absolute Gasteiger partial charge is 0.137 e. The van der Waals surface area contributed by atoms with E-state index in [-0.39, 0.29) is 0 Å². The van der Waals surface area contributed by atoms with Gasteiger partial charge in [-0.05, 0) is 46.0 Å². The molecule has 0 aliphatic heterocycles. The van der Waals surface area contributed by atoms with Crippen LogP contribution in [0.5, 0.6) is 5.75 Å². The highest BCUT2D eigenvalue weighted by molar-refractivity contribution is 9.10. The van der Waals surface area contributed by atoms with Crippen LogP contribution in [0.4, 0.5) is 0 Å². The van der Waals surface area contributed by atoms with Crippen LogP contribution < -0.4 is 4.74 Å². The Morgan fingerprint density at radius 2 is 2.05 bits per heavy atom. The van der Waals surface area contributed by atoms with Crippen LogP contribution in [0.25, 0.3) is 0 Å². The van der Waals surface area contributed by atoms with Crippen molar-refractivity contribution in [1.82, 2.24) is 0 Å². The maximum atomic E-state index is 12.1. The topological polar surface area (TPSA) is 26.3 Å². The fourth-order valence-corrected chi connectivity index (χ4v) is 3.56. The second kappa shape index (κ2) is 7.82. The van der Waals surface area contributed by atoms with Crippen LogP contribution >= 0.6 is 15.9 Å². The van der Waals surface area contributed by atoms with Crippen LogP contribution in [0.2, 0.25) is 0 Å². The van der Waals surface area contributed by atoms with Crippen LogP contribution in [0.15, 0.2) is 22.7 Å². The molecule has 2 rings (SSSR count). The highest BCUT2D eigenvalue weighted by Gasteiger charge is 2.15. The molecule has 1 aromatic carbocycles. The number of hydrogen-bond donors (Lipinski definition) is 0. The first-order valence-electron chi connectivity index (χ1n) is 7.53. The average molecular weight is 339 g/mol. The Kier molecular flexibility index (Phi) is 6.08. The van der Waals surface area contributed by atoms with Crippen molar-refractivity contribution in [3.05, 3.63) is 28.2 Å². The fourth-order valence-electron chi connectivity index (χ4n) is 2.98. The number of halogens is 1. The minimum atomic E-state index is 0.354. The van der Waals surface area contributed by atoms with Gasteiger partial charge in [0.25, 0.3) is 0 Å². The number of Topliss-reactive ketones (excluding diaryl/α,β-unsaturated/α-hetero) is 1. The third-order valence-corrected chi connectivity index (χ3v) is 4.79. The first-order chi connectivity index (χ1) is 9.69. The van der Waals surface area contributed by atoms with Gasteiger partial charge in [-0.1, -0.05) is 38.2 Å². The van der Waals surface area contributed by atoms with Crippen molar-refractivity contribution in [2.24, 2.45) is 5.92 Å². The standard InChI is InChI=1S/C17H23BrO2/c1-20-17-10-8-14(12-16(17)18)11-15(19)9-7-13-5-3-2-4-6-13/h8,10,12-13H,2-7,9,11H2,1H3. The number of rotatable bonds is 6. The molecule has 0 heterocycles. The lowest BCUT2D eigenvalue weighted by Crippen LogP contribution is -2.10. The lowest BCUT2D eigenvalue weighted by Gasteiger charge is -2.20. The van der Waals surface area contributed by atoms with Crippen LogP contribution in [-0.2, 0) is 11.2 Å². The summed E-state index contributed by atoms with van der Waals surface area (Å²) in [6.07, 6.45) is 9.07. The molecule has 0 saturated heterocycles. The third-order valence-electron chi connectivity index (χ3n) is 4.17. The molecule has 1 aliphatic rings. The Hall–Kier alpha value is -0.830. The molecule has 0 spiro atoms. The molecule has 2 nitrogen and oxygen atoms in total. The molecule has 0 amide bonds. The van der Waals surface area contributed by atoms with Gasteiger partial charge in [0.05, 0.1) is 11.6 Å². The van der Waals surface area contributed by atoms with E-state index in [0.29, 0.717) is 12.2 Å². The van der Waals surface area contributed by atoms with Gasteiger partial charge in [0, 0.05) is 12.8 Å². The molecule has 1 aromatic rings. The summed E-state index contributed by atoms with van der Waals surface area (Å²) in [6.45, 7) is 0. The van der Waals surface area contributed by atoms with Crippen molar-refractivity contribution in [3.8, 4) is 5.75 Å². The number of methoxy groups -OCH3 is 1. The highest BCUT2D eigenvalue weighted by atomic mass is 79.9. The van der Waals surface area contributed by atoms with Crippen molar-refractivity contribution in [2.45, 2.75) is 51.4 Å². The molecule has 1 aliphatic carbocycles.